The molecule has 0 saturated carbocycles. The van der Waals surface area contributed by atoms with Crippen LogP contribution in [0.2, 0.25) is 0 Å². The molecule has 3 rings (SSSR count). The fourth-order valence-electron chi connectivity index (χ4n) is 3.30. The highest BCUT2D eigenvalue weighted by molar-refractivity contribution is 7.99. The number of anilines is 1. The lowest BCUT2D eigenvalue weighted by Crippen LogP contribution is -2.42. The molecule has 0 radical (unpaired) electrons. The average Bonchev–Trinajstić information content (AvgIpc) is 2.80. The van der Waals surface area contributed by atoms with E-state index in [-0.39, 0.29) is 17.2 Å². The number of thioether (sulfide) groups is 1. The molecule has 0 aliphatic carbocycles. The molecule has 0 spiro atoms. The van der Waals surface area contributed by atoms with Gasteiger partial charge in [0.15, 0.2) is 5.44 Å². The maximum Gasteiger partial charge on any atom is 0.219 e. The molecule has 0 bridgehead atoms. The number of likely N-dealkylation sites (N-methyl/N-ethyl adjacent to an activating group) is 1. The molecule has 0 aromatic heterocycles. The molecule has 1 amide bonds. The van der Waals surface area contributed by atoms with Crippen LogP contribution >= 0.6 is 11.8 Å². The lowest BCUT2D eigenvalue weighted by molar-refractivity contribution is -0.129. The number of carbonyl (C=O) groups excluding carboxylic acids is 1. The van der Waals surface area contributed by atoms with Crippen LogP contribution < -0.4 is 9.64 Å². The van der Waals surface area contributed by atoms with E-state index in [0.717, 1.165) is 41.4 Å². The van der Waals surface area contributed by atoms with E-state index < -0.39 is 0 Å². The number of amides is 1. The number of benzene rings is 2. The van der Waals surface area contributed by atoms with Gasteiger partial charge >= 0.3 is 0 Å². The van der Waals surface area contributed by atoms with Gasteiger partial charge in [0.05, 0.1) is 18.8 Å². The van der Waals surface area contributed by atoms with Gasteiger partial charge in [-0.2, -0.15) is 0 Å². The summed E-state index contributed by atoms with van der Waals surface area (Å²) in [5.74, 6) is 1.49. The molecule has 32 heavy (non-hydrogen) atoms. The van der Waals surface area contributed by atoms with Gasteiger partial charge in [0, 0.05) is 32.0 Å². The Balaban J connectivity index is 1.50. The van der Waals surface area contributed by atoms with Gasteiger partial charge in [0.25, 0.3) is 0 Å². The predicted molar refractivity (Wildman–Crippen MR) is 128 cm³/mol. The highest BCUT2D eigenvalue weighted by atomic mass is 32.2. The Labute approximate surface area is 193 Å². The number of nitrogens with zero attached hydrogens (tertiary/aromatic N) is 3. The van der Waals surface area contributed by atoms with Crippen molar-refractivity contribution >= 4 is 29.1 Å². The summed E-state index contributed by atoms with van der Waals surface area (Å²) in [5.41, 5.74) is 2.70. The van der Waals surface area contributed by atoms with Gasteiger partial charge < -0.3 is 19.4 Å². The fourth-order valence-corrected chi connectivity index (χ4v) is 4.35. The van der Waals surface area contributed by atoms with E-state index in [2.05, 4.69) is 5.16 Å². The highest BCUT2D eigenvalue weighted by Gasteiger charge is 2.23. The molecule has 1 atom stereocenters. The Hall–Kier alpha value is -2.74. The maximum absolute atomic E-state index is 13.0. The third-order valence-corrected chi connectivity index (χ3v) is 6.27. The van der Waals surface area contributed by atoms with Crippen LogP contribution in [0.4, 0.5) is 10.1 Å². The van der Waals surface area contributed by atoms with Crippen molar-refractivity contribution < 1.29 is 18.8 Å². The first-order chi connectivity index (χ1) is 15.5. The molecule has 1 aliphatic heterocycles. The Morgan fingerprint density at radius 3 is 2.59 bits per heavy atom. The van der Waals surface area contributed by atoms with E-state index in [9.17, 15) is 9.18 Å². The van der Waals surface area contributed by atoms with E-state index in [1.54, 1.807) is 30.8 Å². The lowest BCUT2D eigenvalue weighted by atomic mass is 10.1. The molecule has 1 unspecified atom stereocenters. The van der Waals surface area contributed by atoms with Crippen molar-refractivity contribution in [1.29, 1.82) is 0 Å². The molecule has 172 valence electrons. The zero-order valence-electron chi connectivity index (χ0n) is 18.8. The van der Waals surface area contributed by atoms with E-state index in [4.69, 9.17) is 9.57 Å². The zero-order chi connectivity index (χ0) is 22.9. The van der Waals surface area contributed by atoms with Crippen LogP contribution in [0.25, 0.3) is 0 Å². The van der Waals surface area contributed by atoms with Crippen molar-refractivity contribution in [1.82, 2.24) is 4.90 Å². The van der Waals surface area contributed by atoms with E-state index in [0.29, 0.717) is 19.7 Å². The summed E-state index contributed by atoms with van der Waals surface area (Å²) in [4.78, 5) is 21.0. The SMILES string of the molecule is CCC(=NOCCN(C)c1ccc(F)cc1)c1ccc(OC2CN(C(C)=O)CCS2)cc1. The Morgan fingerprint density at radius 2 is 1.94 bits per heavy atom. The quantitative estimate of drug-likeness (QED) is 0.316. The second-order valence-corrected chi connectivity index (χ2v) is 8.80. The van der Waals surface area contributed by atoms with Crippen LogP contribution in [0.15, 0.2) is 53.7 Å². The summed E-state index contributed by atoms with van der Waals surface area (Å²) in [7, 11) is 1.93. The van der Waals surface area contributed by atoms with Crippen molar-refractivity contribution in [2.75, 3.05) is 43.9 Å². The molecule has 1 fully saturated rings. The Bertz CT molecular complexity index is 906. The van der Waals surface area contributed by atoms with Crippen molar-refractivity contribution in [3.8, 4) is 5.75 Å². The average molecular weight is 460 g/mol. The van der Waals surface area contributed by atoms with Crippen LogP contribution in [0, 0.1) is 5.82 Å². The van der Waals surface area contributed by atoms with Crippen LogP contribution in [0.3, 0.4) is 0 Å². The van der Waals surface area contributed by atoms with Gasteiger partial charge in [0.2, 0.25) is 5.91 Å². The molecule has 8 heteroatoms. The third kappa shape index (κ3) is 6.88. The second kappa shape index (κ2) is 11.8. The van der Waals surface area contributed by atoms with Crippen molar-refractivity contribution in [2.24, 2.45) is 5.16 Å². The molecule has 1 heterocycles. The summed E-state index contributed by atoms with van der Waals surface area (Å²) in [5, 5.41) is 4.31. The van der Waals surface area contributed by atoms with Gasteiger partial charge in [-0.1, -0.05) is 12.1 Å². The fraction of sp³-hybridized carbons (Fsp3) is 0.417. The number of halogens is 1. The van der Waals surface area contributed by atoms with Crippen LogP contribution in [0.5, 0.6) is 5.75 Å². The van der Waals surface area contributed by atoms with Gasteiger partial charge in [-0.3, -0.25) is 4.79 Å². The van der Waals surface area contributed by atoms with E-state index in [1.165, 1.54) is 12.1 Å². The molecule has 2 aromatic carbocycles. The summed E-state index contributed by atoms with van der Waals surface area (Å²) < 4.78 is 19.1. The number of rotatable bonds is 9. The topological polar surface area (TPSA) is 54.4 Å². The van der Waals surface area contributed by atoms with Gasteiger partial charge in [0.1, 0.15) is 18.2 Å². The smallest absolute Gasteiger partial charge is 0.219 e. The van der Waals surface area contributed by atoms with E-state index in [1.807, 2.05) is 48.0 Å². The van der Waals surface area contributed by atoms with Crippen molar-refractivity contribution in [3.63, 3.8) is 0 Å². The minimum Gasteiger partial charge on any atom is -0.478 e. The Kier molecular flexibility index (Phi) is 8.79. The molecule has 1 aliphatic rings. The predicted octanol–water partition coefficient (Wildman–Crippen LogP) is 4.39. The zero-order valence-corrected chi connectivity index (χ0v) is 19.6. The first kappa shape index (κ1) is 23.9. The molecule has 1 saturated heterocycles. The van der Waals surface area contributed by atoms with Crippen molar-refractivity contribution in [2.45, 2.75) is 25.7 Å². The minimum atomic E-state index is -0.248. The standard InChI is InChI=1S/C24H30FN3O3S/c1-4-23(26-30-15-13-27(3)21-9-7-20(25)8-10-21)19-5-11-22(12-6-19)31-24-17-28(18(2)29)14-16-32-24/h5-12,24H,4,13-17H2,1-3H3. The first-order valence-electron chi connectivity index (χ1n) is 10.8. The number of hydrogen-bond acceptors (Lipinski definition) is 6. The maximum atomic E-state index is 13.0. The molecule has 6 nitrogen and oxygen atoms in total. The van der Waals surface area contributed by atoms with E-state index >= 15 is 0 Å². The summed E-state index contributed by atoms with van der Waals surface area (Å²) in [6, 6.07) is 14.2. The van der Waals surface area contributed by atoms with Gasteiger partial charge in [-0.05, 0) is 60.5 Å². The molecular weight excluding hydrogens is 429 g/mol. The minimum absolute atomic E-state index is 0.0563. The van der Waals surface area contributed by atoms with Crippen LogP contribution in [0.1, 0.15) is 25.8 Å². The molecule has 2 aromatic rings. The van der Waals surface area contributed by atoms with Gasteiger partial charge in [-0.25, -0.2) is 4.39 Å². The van der Waals surface area contributed by atoms with Gasteiger partial charge in [-0.15, -0.1) is 11.8 Å². The number of oxime groups is 1. The Morgan fingerprint density at radius 1 is 1.22 bits per heavy atom. The third-order valence-electron chi connectivity index (χ3n) is 5.23. The monoisotopic (exact) mass is 459 g/mol. The summed E-state index contributed by atoms with van der Waals surface area (Å²) in [6.45, 7) is 6.06. The van der Waals surface area contributed by atoms with Crippen LogP contribution in [-0.4, -0.2) is 61.0 Å². The second-order valence-electron chi connectivity index (χ2n) is 7.53. The summed E-state index contributed by atoms with van der Waals surface area (Å²) in [6.07, 6.45) is 0.736. The molecule has 0 N–H and O–H groups in total. The first-order valence-corrected chi connectivity index (χ1v) is 11.8. The lowest BCUT2D eigenvalue weighted by Gasteiger charge is -2.31. The highest BCUT2D eigenvalue weighted by Crippen LogP contribution is 2.24. The van der Waals surface area contributed by atoms with Crippen molar-refractivity contribution in [3.05, 3.63) is 59.9 Å². The normalized spacial score (nSPS) is 16.6. The largest absolute Gasteiger partial charge is 0.478 e. The molecular formula is C24H30FN3O3S. The summed E-state index contributed by atoms with van der Waals surface area (Å²) >= 11 is 1.73. The number of hydrogen-bond donors (Lipinski definition) is 0. The van der Waals surface area contributed by atoms with Crippen LogP contribution in [-0.2, 0) is 9.63 Å². The number of ether oxygens (including phenoxy) is 1. The number of carbonyl (C=O) groups is 1.